The Morgan fingerprint density at radius 3 is 2.72 bits per heavy atom. The third-order valence-corrected chi connectivity index (χ3v) is 8.26. The summed E-state index contributed by atoms with van der Waals surface area (Å²) in [6.45, 7) is 8.05. The van der Waals surface area contributed by atoms with E-state index in [1.54, 1.807) is 10.7 Å². The number of imidazole rings is 1. The lowest BCUT2D eigenvalue weighted by Crippen LogP contribution is -2.55. The van der Waals surface area contributed by atoms with E-state index < -0.39 is 5.41 Å². The van der Waals surface area contributed by atoms with Gasteiger partial charge in [0.15, 0.2) is 11.5 Å². The number of anilines is 2. The van der Waals surface area contributed by atoms with Gasteiger partial charge in [0.25, 0.3) is 0 Å². The summed E-state index contributed by atoms with van der Waals surface area (Å²) in [6, 6.07) is 16.7. The molecular weight excluding hydrogens is 488 g/mol. The molecule has 2 fully saturated rings. The molecule has 4 aromatic rings. The molecule has 2 unspecified atom stereocenters. The third kappa shape index (κ3) is 4.11. The summed E-state index contributed by atoms with van der Waals surface area (Å²) in [4.78, 5) is 21.7. The second kappa shape index (κ2) is 9.28. The predicted molar refractivity (Wildman–Crippen MR) is 149 cm³/mol. The number of benzene rings is 2. The number of fused-ring (bicyclic) bond motifs is 3. The van der Waals surface area contributed by atoms with E-state index in [1.165, 1.54) is 0 Å². The van der Waals surface area contributed by atoms with Crippen LogP contribution in [0, 0.1) is 35.0 Å². The Morgan fingerprint density at radius 1 is 1.18 bits per heavy atom. The fourth-order valence-corrected chi connectivity index (χ4v) is 5.79. The van der Waals surface area contributed by atoms with E-state index in [2.05, 4.69) is 59.4 Å². The Hall–Kier alpha value is -4.63. The number of nitrogens with one attached hydrogen (secondary N) is 1. The van der Waals surface area contributed by atoms with Crippen LogP contribution in [0.15, 0.2) is 48.8 Å². The quantitative estimate of drug-likeness (QED) is 0.411. The number of amides is 1. The molecular formula is C30H30N8O. The lowest BCUT2D eigenvalue weighted by Gasteiger charge is -2.42. The normalized spacial score (nSPS) is 18.9. The van der Waals surface area contributed by atoms with E-state index >= 15 is 0 Å². The van der Waals surface area contributed by atoms with E-state index in [-0.39, 0.29) is 18.0 Å². The number of hydrogen-bond donors (Lipinski definition) is 1. The average molecular weight is 519 g/mol. The van der Waals surface area contributed by atoms with Gasteiger partial charge in [0.2, 0.25) is 5.91 Å². The highest BCUT2D eigenvalue weighted by atomic mass is 16.2. The van der Waals surface area contributed by atoms with Crippen molar-refractivity contribution in [3.63, 3.8) is 0 Å². The van der Waals surface area contributed by atoms with Crippen LogP contribution in [0.5, 0.6) is 0 Å². The summed E-state index contributed by atoms with van der Waals surface area (Å²) in [5.41, 5.74) is 3.73. The first-order valence-electron chi connectivity index (χ1n) is 13.4. The number of carbonyl (C=O) groups excluding carboxylic acids is 1. The first-order valence-corrected chi connectivity index (χ1v) is 13.4. The van der Waals surface area contributed by atoms with Crippen LogP contribution in [-0.4, -0.2) is 51.1 Å². The Labute approximate surface area is 227 Å². The summed E-state index contributed by atoms with van der Waals surface area (Å²) in [6.07, 6.45) is 4.93. The molecule has 2 aromatic heterocycles. The molecule has 2 aliphatic rings. The number of nitriles is 2. The van der Waals surface area contributed by atoms with Crippen LogP contribution >= 0.6 is 0 Å². The van der Waals surface area contributed by atoms with E-state index in [9.17, 15) is 15.3 Å². The fraction of sp³-hybridized carbons (Fsp3) is 0.367. The van der Waals surface area contributed by atoms with Crippen LogP contribution in [0.1, 0.15) is 49.4 Å². The van der Waals surface area contributed by atoms with Crippen molar-refractivity contribution in [2.75, 3.05) is 29.9 Å². The largest absolute Gasteiger partial charge is 0.365 e. The Morgan fingerprint density at radius 2 is 2.00 bits per heavy atom. The van der Waals surface area contributed by atoms with Gasteiger partial charge in [0.05, 0.1) is 23.7 Å². The van der Waals surface area contributed by atoms with Gasteiger partial charge in [-0.15, -0.1) is 5.10 Å². The molecule has 196 valence electrons. The van der Waals surface area contributed by atoms with Crippen LogP contribution < -0.4 is 10.2 Å². The van der Waals surface area contributed by atoms with Crippen LogP contribution in [0.4, 0.5) is 11.5 Å². The van der Waals surface area contributed by atoms with Gasteiger partial charge < -0.3 is 15.1 Å². The van der Waals surface area contributed by atoms with Crippen LogP contribution in [0.2, 0.25) is 0 Å². The maximum Gasteiger partial charge on any atom is 0.243 e. The van der Waals surface area contributed by atoms with E-state index in [4.69, 9.17) is 5.10 Å². The second-order valence-corrected chi connectivity index (χ2v) is 10.8. The molecule has 1 N–H and O–H groups in total. The van der Waals surface area contributed by atoms with Gasteiger partial charge in [-0.05, 0) is 69.0 Å². The molecule has 2 aromatic carbocycles. The fourth-order valence-electron chi connectivity index (χ4n) is 5.79. The van der Waals surface area contributed by atoms with Crippen molar-refractivity contribution in [2.45, 2.75) is 45.7 Å². The first kappa shape index (κ1) is 24.7. The minimum Gasteiger partial charge on any atom is -0.365 e. The zero-order valence-electron chi connectivity index (χ0n) is 22.3. The number of aromatic nitrogens is 3. The number of carbonyl (C=O) groups is 1. The second-order valence-electron chi connectivity index (χ2n) is 10.8. The summed E-state index contributed by atoms with van der Waals surface area (Å²) >= 11 is 0. The lowest BCUT2D eigenvalue weighted by molar-refractivity contribution is -0.135. The molecule has 6 rings (SSSR count). The highest BCUT2D eigenvalue weighted by Gasteiger charge is 2.53. The molecule has 3 heterocycles. The summed E-state index contributed by atoms with van der Waals surface area (Å²) in [5.74, 6) is 0.718. The van der Waals surface area contributed by atoms with Gasteiger partial charge >= 0.3 is 0 Å². The minimum atomic E-state index is -0.783. The molecule has 0 bridgehead atoms. The maximum absolute atomic E-state index is 12.9. The van der Waals surface area contributed by atoms with Gasteiger partial charge in [-0.2, -0.15) is 10.5 Å². The number of piperazine rings is 1. The monoisotopic (exact) mass is 518 g/mol. The molecule has 1 aliphatic heterocycles. The topological polar surface area (TPSA) is 113 Å². The van der Waals surface area contributed by atoms with Crippen LogP contribution in [0.3, 0.4) is 0 Å². The van der Waals surface area contributed by atoms with Crippen molar-refractivity contribution >= 4 is 33.8 Å². The smallest absolute Gasteiger partial charge is 0.243 e. The number of hydrogen-bond acceptors (Lipinski definition) is 7. The van der Waals surface area contributed by atoms with Crippen molar-refractivity contribution in [2.24, 2.45) is 5.41 Å². The van der Waals surface area contributed by atoms with Gasteiger partial charge in [-0.1, -0.05) is 12.1 Å². The number of nitrogens with zero attached hydrogens (tertiary/aromatic N) is 7. The molecule has 39 heavy (non-hydrogen) atoms. The molecule has 9 heteroatoms. The maximum atomic E-state index is 12.9. The molecule has 9 nitrogen and oxygen atoms in total. The third-order valence-electron chi connectivity index (χ3n) is 8.26. The lowest BCUT2D eigenvalue weighted by atomic mass is 9.98. The highest BCUT2D eigenvalue weighted by molar-refractivity contribution is 6.02. The van der Waals surface area contributed by atoms with E-state index in [1.807, 2.05) is 36.2 Å². The SMILES string of the molecule is Cc1c(C#N)cccc1C(C)Nc1nn2ccnc2c2ccc(N3CCN(C(=O)C4(C#N)CC4)CC3C)cc12. The molecule has 0 radical (unpaired) electrons. The standard InChI is InChI=1S/C30H30N8O/c1-19-17-36(29(39)30(18-32)9-10-30)13-14-37(19)23-7-8-25-26(15-23)27(35-38-12-11-33-28(25)38)34-21(3)24-6-4-5-22(16-31)20(24)2/h4-8,11-12,15,19,21H,9-10,13-14,17H2,1-3H3,(H,34,35). The average Bonchev–Trinajstić information content (AvgIpc) is 3.61. The van der Waals surface area contributed by atoms with Crippen molar-refractivity contribution in [3.8, 4) is 12.1 Å². The van der Waals surface area contributed by atoms with Crippen molar-refractivity contribution in [3.05, 3.63) is 65.5 Å². The van der Waals surface area contributed by atoms with Gasteiger partial charge in [-0.25, -0.2) is 9.50 Å². The Bertz CT molecular complexity index is 1690. The number of rotatable bonds is 5. The summed E-state index contributed by atoms with van der Waals surface area (Å²) in [7, 11) is 0. The van der Waals surface area contributed by atoms with Crippen LogP contribution in [0.25, 0.3) is 16.4 Å². The molecule has 1 aliphatic carbocycles. The van der Waals surface area contributed by atoms with Crippen molar-refractivity contribution < 1.29 is 4.79 Å². The van der Waals surface area contributed by atoms with E-state index in [0.717, 1.165) is 39.1 Å². The van der Waals surface area contributed by atoms with Gasteiger partial charge in [-0.3, -0.25) is 4.79 Å². The molecule has 1 saturated heterocycles. The van der Waals surface area contributed by atoms with Gasteiger partial charge in [0.1, 0.15) is 5.41 Å². The van der Waals surface area contributed by atoms with Crippen molar-refractivity contribution in [1.82, 2.24) is 19.5 Å². The highest BCUT2D eigenvalue weighted by Crippen LogP contribution is 2.47. The van der Waals surface area contributed by atoms with Gasteiger partial charge in [0, 0.05) is 54.5 Å². The van der Waals surface area contributed by atoms with Crippen molar-refractivity contribution in [1.29, 1.82) is 10.5 Å². The summed E-state index contributed by atoms with van der Waals surface area (Å²) < 4.78 is 1.78. The molecule has 1 saturated carbocycles. The minimum absolute atomic E-state index is 0.0165. The van der Waals surface area contributed by atoms with E-state index in [0.29, 0.717) is 38.0 Å². The summed E-state index contributed by atoms with van der Waals surface area (Å²) in [5, 5.41) is 29.4. The molecule has 0 spiro atoms. The Kier molecular flexibility index (Phi) is 5.88. The Balaban J connectivity index is 1.33. The predicted octanol–water partition coefficient (Wildman–Crippen LogP) is 4.58. The first-order chi connectivity index (χ1) is 18.8. The van der Waals surface area contributed by atoms with Crippen LogP contribution in [-0.2, 0) is 4.79 Å². The zero-order valence-corrected chi connectivity index (χ0v) is 22.3. The zero-order chi connectivity index (χ0) is 27.3. The molecule has 1 amide bonds. The molecule has 2 atom stereocenters.